The molecule has 0 spiro atoms. The minimum atomic E-state index is 0. The minimum Gasteiger partial charge on any atom is -0.506 e. The summed E-state index contributed by atoms with van der Waals surface area (Å²) in [4.78, 5) is 2.44. The number of phenols is 1. The average molecular weight is 388 g/mol. The molecule has 1 heterocycles. The van der Waals surface area contributed by atoms with Crippen molar-refractivity contribution in [2.24, 2.45) is 5.92 Å². The Morgan fingerprint density at radius 1 is 1.18 bits per heavy atom. The number of hydrogen-bond donors (Lipinski definition) is 2. The molecule has 0 amide bonds. The molecule has 0 radical (unpaired) electrons. The Hall–Kier alpha value is 0.1000. The fourth-order valence-corrected chi connectivity index (χ4v) is 3.48. The molecule has 7 heteroatoms. The van der Waals surface area contributed by atoms with E-state index in [1.54, 1.807) is 6.07 Å². The zero-order valence-corrected chi connectivity index (χ0v) is 15.4. The highest BCUT2D eigenvalue weighted by Gasteiger charge is 2.32. The molecule has 2 aliphatic rings. The van der Waals surface area contributed by atoms with E-state index >= 15 is 0 Å². The summed E-state index contributed by atoms with van der Waals surface area (Å²) in [6.45, 7) is 3.99. The lowest BCUT2D eigenvalue weighted by atomic mass is 9.97. The van der Waals surface area contributed by atoms with Gasteiger partial charge in [0, 0.05) is 42.8 Å². The van der Waals surface area contributed by atoms with Gasteiger partial charge in [-0.2, -0.15) is 0 Å². The molecule has 1 aromatic carbocycles. The van der Waals surface area contributed by atoms with Crippen LogP contribution in [0.5, 0.6) is 5.75 Å². The fraction of sp³-hybridized carbons (Fsp3) is 0.600. The van der Waals surface area contributed by atoms with Gasteiger partial charge < -0.3 is 10.4 Å². The topological polar surface area (TPSA) is 35.5 Å². The number of aromatic hydroxyl groups is 1. The molecular formula is C15H22Cl4N2O. The van der Waals surface area contributed by atoms with Gasteiger partial charge in [-0.05, 0) is 24.5 Å². The van der Waals surface area contributed by atoms with Crippen molar-refractivity contribution < 1.29 is 5.11 Å². The molecule has 22 heavy (non-hydrogen) atoms. The Kier molecular flexibility index (Phi) is 8.07. The SMILES string of the molecule is Cl.Cl.Oc1c(Cl)cc(Cl)cc1[C@@H](CC1CC1)N1CCNCC1. The van der Waals surface area contributed by atoms with E-state index in [9.17, 15) is 5.11 Å². The van der Waals surface area contributed by atoms with Gasteiger partial charge in [0.2, 0.25) is 0 Å². The molecule has 3 nitrogen and oxygen atoms in total. The Labute approximate surface area is 154 Å². The predicted molar refractivity (Wildman–Crippen MR) is 97.1 cm³/mol. The monoisotopic (exact) mass is 386 g/mol. The molecule has 2 N–H and O–H groups in total. The summed E-state index contributed by atoms with van der Waals surface area (Å²) in [6.07, 6.45) is 3.69. The lowest BCUT2D eigenvalue weighted by Gasteiger charge is -2.35. The van der Waals surface area contributed by atoms with Crippen molar-refractivity contribution in [1.29, 1.82) is 0 Å². The van der Waals surface area contributed by atoms with Gasteiger partial charge in [0.05, 0.1) is 5.02 Å². The summed E-state index contributed by atoms with van der Waals surface area (Å²) >= 11 is 12.2. The van der Waals surface area contributed by atoms with Crippen LogP contribution in [0.25, 0.3) is 0 Å². The first-order chi connectivity index (χ1) is 9.65. The lowest BCUT2D eigenvalue weighted by molar-refractivity contribution is 0.158. The summed E-state index contributed by atoms with van der Waals surface area (Å²) in [7, 11) is 0. The maximum atomic E-state index is 10.3. The van der Waals surface area contributed by atoms with Gasteiger partial charge in [-0.1, -0.05) is 36.0 Å². The molecule has 126 valence electrons. The number of phenolic OH excluding ortho intramolecular Hbond substituents is 1. The number of benzene rings is 1. The van der Waals surface area contributed by atoms with Gasteiger partial charge in [-0.3, -0.25) is 4.90 Å². The summed E-state index contributed by atoms with van der Waals surface area (Å²) in [5.41, 5.74) is 0.885. The largest absolute Gasteiger partial charge is 0.506 e. The Morgan fingerprint density at radius 2 is 1.82 bits per heavy atom. The van der Waals surface area contributed by atoms with Crippen molar-refractivity contribution in [1.82, 2.24) is 10.2 Å². The summed E-state index contributed by atoms with van der Waals surface area (Å²) in [5, 5.41) is 14.6. The maximum absolute atomic E-state index is 10.3. The molecule has 0 unspecified atom stereocenters. The number of hydrogen-bond acceptors (Lipinski definition) is 3. The molecule has 0 aromatic heterocycles. The summed E-state index contributed by atoms with van der Waals surface area (Å²) in [6, 6.07) is 3.70. The minimum absolute atomic E-state index is 0. The van der Waals surface area contributed by atoms with E-state index < -0.39 is 0 Å². The van der Waals surface area contributed by atoms with E-state index in [0.717, 1.165) is 44.1 Å². The average Bonchev–Trinajstić information content (AvgIpc) is 3.25. The third kappa shape index (κ3) is 4.80. The Bertz CT molecular complexity index is 491. The second-order valence-electron chi connectivity index (χ2n) is 5.81. The number of rotatable bonds is 4. The van der Waals surface area contributed by atoms with Crippen molar-refractivity contribution in [2.45, 2.75) is 25.3 Å². The molecule has 1 aliphatic carbocycles. The van der Waals surface area contributed by atoms with Crippen LogP contribution in [-0.4, -0.2) is 36.2 Å². The predicted octanol–water partition coefficient (Wildman–Crippen LogP) is 4.29. The number of halogens is 4. The van der Waals surface area contributed by atoms with Crippen molar-refractivity contribution in [3.05, 3.63) is 27.7 Å². The van der Waals surface area contributed by atoms with Crippen molar-refractivity contribution >= 4 is 48.0 Å². The van der Waals surface area contributed by atoms with Crippen molar-refractivity contribution in [3.63, 3.8) is 0 Å². The molecule has 1 saturated carbocycles. The molecule has 1 aromatic rings. The van der Waals surface area contributed by atoms with Crippen molar-refractivity contribution in [2.75, 3.05) is 26.2 Å². The highest BCUT2D eigenvalue weighted by atomic mass is 35.5. The highest BCUT2D eigenvalue weighted by molar-refractivity contribution is 6.35. The lowest BCUT2D eigenvalue weighted by Crippen LogP contribution is -2.45. The molecule has 1 saturated heterocycles. The van der Waals surface area contributed by atoms with E-state index in [0.29, 0.717) is 10.0 Å². The van der Waals surface area contributed by atoms with Crippen LogP contribution in [-0.2, 0) is 0 Å². The van der Waals surface area contributed by atoms with Gasteiger partial charge in [-0.15, -0.1) is 24.8 Å². The van der Waals surface area contributed by atoms with Gasteiger partial charge >= 0.3 is 0 Å². The normalized spacial score (nSPS) is 19.9. The van der Waals surface area contributed by atoms with Crippen molar-refractivity contribution in [3.8, 4) is 5.75 Å². The van der Waals surface area contributed by atoms with Crippen LogP contribution in [0, 0.1) is 5.92 Å². The van der Waals surface area contributed by atoms with E-state index in [1.807, 2.05) is 6.07 Å². The van der Waals surface area contributed by atoms with Crippen LogP contribution in [0.15, 0.2) is 12.1 Å². The zero-order chi connectivity index (χ0) is 14.1. The number of nitrogens with zero attached hydrogens (tertiary/aromatic N) is 1. The zero-order valence-electron chi connectivity index (χ0n) is 12.2. The second-order valence-corrected chi connectivity index (χ2v) is 6.65. The van der Waals surface area contributed by atoms with E-state index in [-0.39, 0.29) is 36.6 Å². The smallest absolute Gasteiger partial charge is 0.139 e. The van der Waals surface area contributed by atoms with Gasteiger partial charge in [0.15, 0.2) is 0 Å². The van der Waals surface area contributed by atoms with E-state index in [2.05, 4.69) is 10.2 Å². The van der Waals surface area contributed by atoms with Crippen LogP contribution < -0.4 is 5.32 Å². The van der Waals surface area contributed by atoms with E-state index in [1.165, 1.54) is 12.8 Å². The third-order valence-electron chi connectivity index (χ3n) is 4.26. The highest BCUT2D eigenvalue weighted by Crippen LogP contribution is 2.44. The van der Waals surface area contributed by atoms with Gasteiger partial charge in [0.25, 0.3) is 0 Å². The fourth-order valence-electron chi connectivity index (χ4n) is 2.98. The first-order valence-corrected chi connectivity index (χ1v) is 8.03. The van der Waals surface area contributed by atoms with Crippen LogP contribution in [0.2, 0.25) is 10.0 Å². The standard InChI is InChI=1S/C15H20Cl2N2O.2ClH/c16-11-8-12(15(20)13(17)9-11)14(7-10-1-2-10)19-5-3-18-4-6-19;;/h8-10,14,18,20H,1-7H2;2*1H/t14-;;/m1../s1. The molecule has 1 atom stereocenters. The maximum Gasteiger partial charge on any atom is 0.139 e. The summed E-state index contributed by atoms with van der Waals surface area (Å²) in [5.74, 6) is 0.979. The van der Waals surface area contributed by atoms with Gasteiger partial charge in [-0.25, -0.2) is 0 Å². The number of nitrogens with one attached hydrogen (secondary N) is 1. The van der Waals surface area contributed by atoms with Gasteiger partial charge in [0.1, 0.15) is 5.75 Å². The first-order valence-electron chi connectivity index (χ1n) is 7.28. The Balaban J connectivity index is 0.00000121. The molecule has 0 bridgehead atoms. The molecular weight excluding hydrogens is 366 g/mol. The van der Waals surface area contributed by atoms with Crippen LogP contribution >= 0.6 is 48.0 Å². The molecule has 2 fully saturated rings. The quantitative estimate of drug-likeness (QED) is 0.808. The van der Waals surface area contributed by atoms with Crippen LogP contribution in [0.3, 0.4) is 0 Å². The number of piperazine rings is 1. The Morgan fingerprint density at radius 3 is 2.41 bits per heavy atom. The molecule has 3 rings (SSSR count). The van der Waals surface area contributed by atoms with E-state index in [4.69, 9.17) is 23.2 Å². The first kappa shape index (κ1) is 20.1. The summed E-state index contributed by atoms with van der Waals surface area (Å²) < 4.78 is 0. The third-order valence-corrected chi connectivity index (χ3v) is 4.77. The molecule has 1 aliphatic heterocycles. The van der Waals surface area contributed by atoms with Crippen LogP contribution in [0.4, 0.5) is 0 Å². The second kappa shape index (κ2) is 8.81. The van der Waals surface area contributed by atoms with Crippen LogP contribution in [0.1, 0.15) is 30.9 Å².